The van der Waals surface area contributed by atoms with Crippen LogP contribution in [0.3, 0.4) is 0 Å². The van der Waals surface area contributed by atoms with Crippen LogP contribution in [-0.2, 0) is 9.53 Å². The molecule has 0 aromatic rings. The number of carbonyl (C=O) groups excluding carboxylic acids is 1. The highest BCUT2D eigenvalue weighted by Crippen LogP contribution is 2.16. The Morgan fingerprint density at radius 3 is 2.54 bits per heavy atom. The van der Waals surface area contributed by atoms with E-state index >= 15 is 0 Å². The maximum Gasteiger partial charge on any atom is 0.302 e. The Balaban J connectivity index is 1.96. The zero-order chi connectivity index (χ0) is 17.5. The molecule has 0 bridgehead atoms. The smallest absolute Gasteiger partial charge is 0.302 e. The second-order valence-corrected chi connectivity index (χ2v) is 6.40. The van der Waals surface area contributed by atoms with Crippen molar-refractivity contribution in [3.8, 4) is 11.8 Å². The van der Waals surface area contributed by atoms with Crippen molar-refractivity contribution in [2.45, 2.75) is 84.0 Å². The molecule has 0 atom stereocenters. The zero-order valence-corrected chi connectivity index (χ0v) is 15.0. The van der Waals surface area contributed by atoms with Gasteiger partial charge in [-0.3, -0.25) is 4.79 Å². The lowest BCUT2D eigenvalue weighted by atomic mass is 10.0. The Morgan fingerprint density at radius 2 is 1.88 bits per heavy atom. The van der Waals surface area contributed by atoms with Crippen LogP contribution in [0.25, 0.3) is 0 Å². The van der Waals surface area contributed by atoms with Gasteiger partial charge in [-0.15, -0.1) is 0 Å². The van der Waals surface area contributed by atoms with E-state index in [1.807, 2.05) is 0 Å². The maximum absolute atomic E-state index is 13.6. The molecule has 0 spiro atoms. The molecule has 1 aliphatic rings. The number of carbonyl (C=O) groups is 1. The number of rotatable bonds is 10. The van der Waals surface area contributed by atoms with Crippen LogP contribution in [0, 0.1) is 11.8 Å². The van der Waals surface area contributed by atoms with E-state index in [0.29, 0.717) is 13.0 Å². The van der Waals surface area contributed by atoms with Crippen molar-refractivity contribution in [2.24, 2.45) is 0 Å². The molecule has 0 heterocycles. The highest BCUT2D eigenvalue weighted by Gasteiger charge is 1.99. The van der Waals surface area contributed by atoms with Gasteiger partial charge >= 0.3 is 5.97 Å². The molecule has 0 fully saturated rings. The van der Waals surface area contributed by atoms with Gasteiger partial charge in [-0.1, -0.05) is 50.0 Å². The molecule has 2 nitrogen and oxygen atoms in total. The third-order valence-corrected chi connectivity index (χ3v) is 4.12. The van der Waals surface area contributed by atoms with Crippen molar-refractivity contribution in [1.82, 2.24) is 0 Å². The van der Waals surface area contributed by atoms with E-state index in [2.05, 4.69) is 17.9 Å². The summed E-state index contributed by atoms with van der Waals surface area (Å²) in [7, 11) is 0. The molecule has 0 saturated carbocycles. The van der Waals surface area contributed by atoms with Gasteiger partial charge in [-0.05, 0) is 50.5 Å². The Labute approximate surface area is 146 Å². The molecule has 24 heavy (non-hydrogen) atoms. The summed E-state index contributed by atoms with van der Waals surface area (Å²) < 4.78 is 18.5. The van der Waals surface area contributed by atoms with E-state index < -0.39 is 0 Å². The largest absolute Gasteiger partial charge is 0.466 e. The first-order valence-corrected chi connectivity index (χ1v) is 9.37. The first-order chi connectivity index (χ1) is 11.7. The summed E-state index contributed by atoms with van der Waals surface area (Å²) in [4.78, 5) is 10.6. The van der Waals surface area contributed by atoms with Crippen molar-refractivity contribution in [2.75, 3.05) is 6.61 Å². The van der Waals surface area contributed by atoms with E-state index in [1.165, 1.54) is 37.8 Å². The van der Waals surface area contributed by atoms with Gasteiger partial charge < -0.3 is 4.74 Å². The van der Waals surface area contributed by atoms with E-state index in [1.54, 1.807) is 0 Å². The van der Waals surface area contributed by atoms with Crippen LogP contribution in [0.2, 0.25) is 0 Å². The van der Waals surface area contributed by atoms with E-state index in [9.17, 15) is 9.18 Å². The summed E-state index contributed by atoms with van der Waals surface area (Å²) in [6, 6.07) is 0. The minimum Gasteiger partial charge on any atom is -0.466 e. The minimum atomic E-state index is -0.203. The Bertz CT molecular complexity index is 480. The number of allylic oxidation sites excluding steroid dienone is 4. The quantitative estimate of drug-likeness (QED) is 0.277. The summed E-state index contributed by atoms with van der Waals surface area (Å²) in [6.45, 7) is 1.97. The molecule has 0 saturated heterocycles. The zero-order valence-electron chi connectivity index (χ0n) is 15.0. The fourth-order valence-corrected chi connectivity index (χ4v) is 2.73. The Hall–Kier alpha value is -1.56. The molecular weight excluding hydrogens is 303 g/mol. The molecule has 0 radical (unpaired) electrons. The molecular formula is C21H31FO2. The SMILES string of the molecule is CC(=O)OCCCCCCCCC/C(F)=C\C#CC1=CCCCC1. The summed E-state index contributed by atoms with van der Waals surface area (Å²) in [6.07, 6.45) is 16.2. The summed E-state index contributed by atoms with van der Waals surface area (Å²) in [5, 5.41) is 0. The molecule has 0 aromatic heterocycles. The van der Waals surface area contributed by atoms with Gasteiger partial charge in [0.2, 0.25) is 0 Å². The standard InChI is InChI=1S/C21H31FO2/c1-19(23)24-18-11-6-4-2-3-5-10-16-21(22)17-12-15-20-13-8-7-9-14-20/h13,17H,2-11,14,16,18H2,1H3/b21-17+. The fraction of sp³-hybridized carbons (Fsp3) is 0.667. The van der Waals surface area contributed by atoms with Crippen molar-refractivity contribution in [1.29, 1.82) is 0 Å². The molecule has 3 heteroatoms. The second-order valence-electron chi connectivity index (χ2n) is 6.40. The predicted octanol–water partition coefficient (Wildman–Crippen LogP) is 6.03. The van der Waals surface area contributed by atoms with Crippen LogP contribution in [0.4, 0.5) is 4.39 Å². The number of hydrogen-bond donors (Lipinski definition) is 0. The molecule has 0 aliphatic heterocycles. The molecule has 1 aliphatic carbocycles. The van der Waals surface area contributed by atoms with Gasteiger partial charge in [0.25, 0.3) is 0 Å². The lowest BCUT2D eigenvalue weighted by Crippen LogP contribution is -2.00. The van der Waals surface area contributed by atoms with Gasteiger partial charge in [-0.2, -0.15) is 0 Å². The molecule has 0 N–H and O–H groups in total. The minimum absolute atomic E-state index is 0.0970. The highest BCUT2D eigenvalue weighted by atomic mass is 19.1. The normalized spacial score (nSPS) is 14.6. The summed E-state index contributed by atoms with van der Waals surface area (Å²) >= 11 is 0. The Morgan fingerprint density at radius 1 is 1.17 bits per heavy atom. The molecule has 134 valence electrons. The fourth-order valence-electron chi connectivity index (χ4n) is 2.73. The van der Waals surface area contributed by atoms with Crippen LogP contribution < -0.4 is 0 Å². The van der Waals surface area contributed by atoms with Crippen molar-refractivity contribution >= 4 is 5.97 Å². The Kier molecular flexibility index (Phi) is 11.8. The second kappa shape index (κ2) is 13.8. The average Bonchev–Trinajstić information content (AvgIpc) is 2.57. The molecule has 0 unspecified atom stereocenters. The number of esters is 1. The van der Waals surface area contributed by atoms with E-state index in [0.717, 1.165) is 51.4 Å². The number of halogens is 1. The predicted molar refractivity (Wildman–Crippen MR) is 97.1 cm³/mol. The van der Waals surface area contributed by atoms with E-state index in [4.69, 9.17) is 4.74 Å². The van der Waals surface area contributed by atoms with Gasteiger partial charge in [0.05, 0.1) is 6.61 Å². The maximum atomic E-state index is 13.6. The average molecular weight is 334 g/mol. The highest BCUT2D eigenvalue weighted by molar-refractivity contribution is 5.65. The third-order valence-electron chi connectivity index (χ3n) is 4.12. The van der Waals surface area contributed by atoms with Crippen LogP contribution in [-0.4, -0.2) is 12.6 Å². The van der Waals surface area contributed by atoms with Gasteiger partial charge in [0.15, 0.2) is 0 Å². The molecule has 1 rings (SSSR count). The molecule has 0 aromatic carbocycles. The monoisotopic (exact) mass is 334 g/mol. The van der Waals surface area contributed by atoms with Crippen LogP contribution in [0.15, 0.2) is 23.6 Å². The topological polar surface area (TPSA) is 26.3 Å². The van der Waals surface area contributed by atoms with Gasteiger partial charge in [0.1, 0.15) is 5.83 Å². The third kappa shape index (κ3) is 11.9. The van der Waals surface area contributed by atoms with Gasteiger partial charge in [0, 0.05) is 13.0 Å². The van der Waals surface area contributed by atoms with Crippen molar-refractivity contribution < 1.29 is 13.9 Å². The van der Waals surface area contributed by atoms with Crippen LogP contribution >= 0.6 is 0 Å². The summed E-state index contributed by atoms with van der Waals surface area (Å²) in [5.41, 5.74) is 1.17. The van der Waals surface area contributed by atoms with Gasteiger partial charge in [-0.25, -0.2) is 4.39 Å². The van der Waals surface area contributed by atoms with Crippen LogP contribution in [0.1, 0.15) is 84.0 Å². The number of unbranched alkanes of at least 4 members (excludes halogenated alkanes) is 6. The number of ether oxygens (including phenoxy) is 1. The lowest BCUT2D eigenvalue weighted by molar-refractivity contribution is -0.141. The first-order valence-electron chi connectivity index (χ1n) is 9.37. The lowest BCUT2D eigenvalue weighted by Gasteiger charge is -2.05. The first kappa shape index (κ1) is 20.5. The van der Waals surface area contributed by atoms with Crippen molar-refractivity contribution in [3.63, 3.8) is 0 Å². The summed E-state index contributed by atoms with van der Waals surface area (Å²) in [5.74, 6) is 5.61. The number of hydrogen-bond acceptors (Lipinski definition) is 2. The molecule has 0 amide bonds. The van der Waals surface area contributed by atoms with Crippen LogP contribution in [0.5, 0.6) is 0 Å². The van der Waals surface area contributed by atoms with Crippen molar-refractivity contribution in [3.05, 3.63) is 23.6 Å². The van der Waals surface area contributed by atoms with E-state index in [-0.39, 0.29) is 11.8 Å².